The Balaban J connectivity index is 2.07. The zero-order valence-electron chi connectivity index (χ0n) is 11.9. The summed E-state index contributed by atoms with van der Waals surface area (Å²) in [5, 5.41) is 7.46. The van der Waals surface area contributed by atoms with Crippen molar-refractivity contribution in [1.82, 2.24) is 0 Å². The van der Waals surface area contributed by atoms with E-state index in [-0.39, 0.29) is 0 Å². The number of rotatable bonds is 1. The normalized spacial score (nSPS) is 16.6. The first-order valence-electron chi connectivity index (χ1n) is 7.30. The molecular weight excluding hydrogens is 270 g/mol. The summed E-state index contributed by atoms with van der Waals surface area (Å²) in [5.41, 5.74) is 9.01. The highest BCUT2D eigenvalue weighted by molar-refractivity contribution is 6.43. The van der Waals surface area contributed by atoms with Gasteiger partial charge in [-0.25, -0.2) is 0 Å². The van der Waals surface area contributed by atoms with Crippen molar-refractivity contribution in [3.8, 4) is 0 Å². The van der Waals surface area contributed by atoms with Crippen molar-refractivity contribution in [1.29, 1.82) is 0 Å². The van der Waals surface area contributed by atoms with E-state index in [0.29, 0.717) is 0 Å². The van der Waals surface area contributed by atoms with Crippen molar-refractivity contribution in [2.24, 2.45) is 5.40 Å². The molecule has 2 N–H and O–H groups in total. The highest BCUT2D eigenvalue weighted by atomic mass is 28.2. The van der Waals surface area contributed by atoms with Gasteiger partial charge in [0.15, 0.2) is 0 Å². The van der Waals surface area contributed by atoms with Crippen molar-refractivity contribution in [3.63, 3.8) is 0 Å². The predicted octanol–water partition coefficient (Wildman–Crippen LogP) is 3.30. The third-order valence-corrected chi connectivity index (χ3v) is 5.44. The number of allylic oxidation sites excluding steroid dienone is 4. The maximum absolute atomic E-state index is 6.02. The molecule has 2 aromatic carbocycles. The Morgan fingerprint density at radius 1 is 0.857 bits per heavy atom. The van der Waals surface area contributed by atoms with Crippen molar-refractivity contribution >= 4 is 26.4 Å². The van der Waals surface area contributed by atoms with Gasteiger partial charge in [-0.3, -0.25) is 0 Å². The van der Waals surface area contributed by atoms with Gasteiger partial charge in [0.05, 0.1) is 0 Å². The van der Waals surface area contributed by atoms with Crippen LogP contribution in [0.1, 0.15) is 28.7 Å². The van der Waals surface area contributed by atoms with E-state index in [2.05, 4.69) is 61.2 Å². The first-order valence-corrected chi connectivity index (χ1v) is 8.83. The summed E-state index contributed by atoms with van der Waals surface area (Å²) in [4.78, 5) is 0. The van der Waals surface area contributed by atoms with Gasteiger partial charge < -0.3 is 5.40 Å². The van der Waals surface area contributed by atoms with Crippen LogP contribution in [0, 0.1) is 0 Å². The zero-order valence-corrected chi connectivity index (χ0v) is 13.3. The lowest BCUT2D eigenvalue weighted by Crippen LogP contribution is -2.07. The molecule has 0 saturated carbocycles. The van der Waals surface area contributed by atoms with Crippen LogP contribution in [0.4, 0.5) is 0 Å². The van der Waals surface area contributed by atoms with Crippen LogP contribution in [0.5, 0.6) is 0 Å². The Kier molecular flexibility index (Phi) is 2.81. The van der Waals surface area contributed by atoms with Gasteiger partial charge in [-0.05, 0) is 45.4 Å². The number of fused-ring (bicyclic) bond motifs is 4. The van der Waals surface area contributed by atoms with Crippen LogP contribution in [-0.2, 0) is 0 Å². The molecule has 102 valence electrons. The molecule has 2 aromatic rings. The maximum Gasteiger partial charge on any atom is 0.117 e. The lowest BCUT2D eigenvalue weighted by molar-refractivity contribution is 1.37. The maximum atomic E-state index is 6.02. The van der Waals surface area contributed by atoms with E-state index in [1.165, 1.54) is 38.6 Å². The van der Waals surface area contributed by atoms with E-state index in [9.17, 15) is 0 Å². The van der Waals surface area contributed by atoms with Gasteiger partial charge >= 0.3 is 0 Å². The molecule has 0 unspecified atom stereocenters. The first-order chi connectivity index (χ1) is 10.3. The van der Waals surface area contributed by atoms with Crippen LogP contribution in [0.25, 0.3) is 16.7 Å². The smallest absolute Gasteiger partial charge is 0.117 e. The van der Waals surface area contributed by atoms with Crippen molar-refractivity contribution in [3.05, 3.63) is 88.6 Å². The molecule has 0 aromatic heterocycles. The molecule has 2 aliphatic rings. The topological polar surface area (TPSA) is 26.0 Å². The number of benzene rings is 2. The highest BCUT2D eigenvalue weighted by Crippen LogP contribution is 2.46. The minimum Gasteiger partial charge on any atom is -0.352 e. The molecule has 0 amide bonds. The van der Waals surface area contributed by atoms with E-state index in [1.54, 1.807) is 0 Å². The van der Waals surface area contributed by atoms with Crippen LogP contribution in [0.2, 0.25) is 0 Å². The van der Waals surface area contributed by atoms with Crippen LogP contribution in [-0.4, -0.2) is 9.68 Å². The van der Waals surface area contributed by atoms with Crippen LogP contribution in [0.15, 0.2) is 66.4 Å². The monoisotopic (exact) mass is 287 g/mol. The molecule has 21 heavy (non-hydrogen) atoms. The molecule has 4 rings (SSSR count). The third-order valence-electron chi connectivity index (χ3n) is 4.46. The average molecular weight is 287 g/mol. The largest absolute Gasteiger partial charge is 0.352 e. The Morgan fingerprint density at radius 3 is 2.10 bits per heavy atom. The third kappa shape index (κ3) is 1.80. The first kappa shape index (κ1) is 12.6. The van der Waals surface area contributed by atoms with Gasteiger partial charge in [-0.1, -0.05) is 66.4 Å². The molecule has 0 fully saturated rings. The second-order valence-corrected chi connectivity index (χ2v) is 6.96. The van der Waals surface area contributed by atoms with Crippen LogP contribution in [0.3, 0.4) is 0 Å². The van der Waals surface area contributed by atoms with E-state index in [4.69, 9.17) is 5.40 Å². The van der Waals surface area contributed by atoms with Gasteiger partial charge in [0, 0.05) is 0 Å². The molecule has 1 nitrogen and oxygen atoms in total. The highest BCUT2D eigenvalue weighted by Gasteiger charge is 2.26. The average Bonchev–Trinajstić information content (AvgIpc) is 2.95. The lowest BCUT2D eigenvalue weighted by atomic mass is 9.93. The van der Waals surface area contributed by atoms with E-state index in [0.717, 1.165) is 12.0 Å². The van der Waals surface area contributed by atoms with Crippen LogP contribution >= 0.6 is 0 Å². The quantitative estimate of drug-likeness (QED) is 0.800. The fourth-order valence-corrected chi connectivity index (χ4v) is 4.13. The lowest BCUT2D eigenvalue weighted by Gasteiger charge is -2.12. The summed E-state index contributed by atoms with van der Waals surface area (Å²) in [5.74, 6) is 0. The van der Waals surface area contributed by atoms with Crippen molar-refractivity contribution < 1.29 is 0 Å². The molecule has 0 radical (unpaired) electrons. The Hall–Kier alpha value is -2.16. The predicted molar refractivity (Wildman–Crippen MR) is 93.3 cm³/mol. The molecule has 0 atom stereocenters. The fraction of sp³-hybridized carbons (Fsp3) is 0.0526. The van der Waals surface area contributed by atoms with Gasteiger partial charge in [0.2, 0.25) is 0 Å². The van der Waals surface area contributed by atoms with Gasteiger partial charge in [0.1, 0.15) is 9.68 Å². The van der Waals surface area contributed by atoms with Gasteiger partial charge in [-0.2, -0.15) is 0 Å². The molecule has 0 saturated heterocycles. The van der Waals surface area contributed by atoms with E-state index < -0.39 is 9.68 Å². The summed E-state index contributed by atoms with van der Waals surface area (Å²) in [6.45, 7) is 4.36. The summed E-state index contributed by atoms with van der Waals surface area (Å²) in [6, 6.07) is 17.2. The zero-order chi connectivity index (χ0) is 14.4. The fourth-order valence-electron chi connectivity index (χ4n) is 3.41. The summed E-state index contributed by atoms with van der Waals surface area (Å²) < 4.78 is 0. The second-order valence-electron chi connectivity index (χ2n) is 5.65. The molecule has 0 heterocycles. The standard InChI is InChI=1S/C19H17NSi/c1-12-14-6-2-4-8-16(14)18-10-13(21-20)11-19(18)17-9-5-3-7-15(12)17/h2-10H,1,11,20-21H2. The SMILES string of the molecule is C=C1c2ccccc2C2=C(CC([SiH2]N)=C2)c2ccccc21. The minimum absolute atomic E-state index is 0.592. The number of nitrogens with two attached hydrogens (primary N) is 1. The second kappa shape index (κ2) is 4.69. The molecular formula is C19H17NSi. The molecule has 2 heteroatoms. The van der Waals surface area contributed by atoms with Crippen LogP contribution < -0.4 is 5.40 Å². The molecule has 0 spiro atoms. The molecule has 0 bridgehead atoms. The minimum atomic E-state index is -0.592. The van der Waals surface area contributed by atoms with E-state index in [1.807, 2.05) is 0 Å². The van der Waals surface area contributed by atoms with E-state index >= 15 is 0 Å². The molecule has 2 aliphatic carbocycles. The Bertz CT molecular complexity index is 827. The summed E-state index contributed by atoms with van der Waals surface area (Å²) in [6.07, 6.45) is 3.34. The number of hydrogen-bond acceptors (Lipinski definition) is 1. The van der Waals surface area contributed by atoms with Crippen molar-refractivity contribution in [2.75, 3.05) is 0 Å². The Labute approximate surface area is 127 Å². The van der Waals surface area contributed by atoms with Crippen molar-refractivity contribution in [2.45, 2.75) is 6.42 Å². The van der Waals surface area contributed by atoms with Gasteiger partial charge in [-0.15, -0.1) is 0 Å². The van der Waals surface area contributed by atoms with Gasteiger partial charge in [0.25, 0.3) is 0 Å². The molecule has 0 aliphatic heterocycles. The summed E-state index contributed by atoms with van der Waals surface area (Å²) in [7, 11) is -0.592. The Morgan fingerprint density at radius 2 is 1.43 bits per heavy atom. The summed E-state index contributed by atoms with van der Waals surface area (Å²) >= 11 is 0. The number of hydrogen-bond donors (Lipinski definition) is 1.